The molecule has 0 radical (unpaired) electrons. The van der Waals surface area contributed by atoms with Gasteiger partial charge in [0.05, 0.1) is 6.54 Å². The van der Waals surface area contributed by atoms with Gasteiger partial charge in [0.15, 0.2) is 0 Å². The Morgan fingerprint density at radius 3 is 3.06 bits per heavy atom. The molecule has 1 aliphatic rings. The average molecular weight is 250 g/mol. The zero-order chi connectivity index (χ0) is 13.0. The van der Waals surface area contributed by atoms with E-state index in [1.807, 2.05) is 0 Å². The number of hydrogen-bond acceptors (Lipinski definition) is 2. The third kappa shape index (κ3) is 3.81. The molecule has 1 fully saturated rings. The van der Waals surface area contributed by atoms with Crippen LogP contribution in [0, 0.1) is 11.7 Å². The number of benzene rings is 1. The summed E-state index contributed by atoms with van der Waals surface area (Å²) in [4.78, 5) is 11.6. The minimum atomic E-state index is -0.342. The molecule has 0 heterocycles. The second-order valence-electron chi connectivity index (χ2n) is 4.83. The maximum Gasteiger partial charge on any atom is 0.238 e. The Balaban J connectivity index is 1.70. The van der Waals surface area contributed by atoms with Gasteiger partial charge in [-0.25, -0.2) is 4.39 Å². The van der Waals surface area contributed by atoms with Gasteiger partial charge in [-0.05, 0) is 37.0 Å². The molecular formula is C14H19FN2O. The molecule has 1 aromatic rings. The van der Waals surface area contributed by atoms with Crippen LogP contribution in [0.5, 0.6) is 0 Å². The van der Waals surface area contributed by atoms with Gasteiger partial charge < -0.3 is 10.6 Å². The van der Waals surface area contributed by atoms with Crippen LogP contribution in [0.4, 0.5) is 10.1 Å². The van der Waals surface area contributed by atoms with E-state index < -0.39 is 0 Å². The monoisotopic (exact) mass is 250 g/mol. The summed E-state index contributed by atoms with van der Waals surface area (Å²) in [6.45, 7) is 2.47. The van der Waals surface area contributed by atoms with E-state index in [9.17, 15) is 9.18 Å². The van der Waals surface area contributed by atoms with Crippen molar-refractivity contribution in [1.29, 1.82) is 0 Å². The first kappa shape index (κ1) is 13.0. The molecule has 1 saturated carbocycles. The fourth-order valence-electron chi connectivity index (χ4n) is 2.18. The van der Waals surface area contributed by atoms with Crippen LogP contribution in [0.3, 0.4) is 0 Å². The van der Waals surface area contributed by atoms with Gasteiger partial charge in [0.2, 0.25) is 5.91 Å². The van der Waals surface area contributed by atoms with Crippen molar-refractivity contribution in [2.45, 2.75) is 32.2 Å². The summed E-state index contributed by atoms with van der Waals surface area (Å²) in [5, 5.41) is 5.89. The van der Waals surface area contributed by atoms with Crippen molar-refractivity contribution in [2.24, 2.45) is 5.92 Å². The molecule has 98 valence electrons. The topological polar surface area (TPSA) is 41.1 Å². The first-order valence-corrected chi connectivity index (χ1v) is 6.48. The lowest BCUT2D eigenvalue weighted by Crippen LogP contribution is -2.30. The lowest BCUT2D eigenvalue weighted by atomic mass is 10.2. The van der Waals surface area contributed by atoms with Crippen molar-refractivity contribution >= 4 is 11.6 Å². The molecule has 2 N–H and O–H groups in total. The largest absolute Gasteiger partial charge is 0.325 e. The third-order valence-corrected chi connectivity index (χ3v) is 3.22. The summed E-state index contributed by atoms with van der Waals surface area (Å²) in [6.07, 6.45) is 3.59. The highest BCUT2D eigenvalue weighted by atomic mass is 19.1. The molecule has 2 atom stereocenters. The Kier molecular flexibility index (Phi) is 4.31. The van der Waals surface area contributed by atoms with E-state index in [4.69, 9.17) is 0 Å². The molecule has 0 aliphatic heterocycles. The van der Waals surface area contributed by atoms with Crippen molar-refractivity contribution in [2.75, 3.05) is 11.9 Å². The summed E-state index contributed by atoms with van der Waals surface area (Å²) in [5.74, 6) is 0.269. The SMILES string of the molecule is CCCC1CC1NCC(=O)Nc1cccc(F)c1. The highest BCUT2D eigenvalue weighted by Crippen LogP contribution is 2.34. The normalized spacial score (nSPS) is 21.7. The molecule has 0 saturated heterocycles. The zero-order valence-corrected chi connectivity index (χ0v) is 10.6. The lowest BCUT2D eigenvalue weighted by molar-refractivity contribution is -0.115. The second kappa shape index (κ2) is 5.96. The first-order valence-electron chi connectivity index (χ1n) is 6.48. The Morgan fingerprint density at radius 1 is 1.50 bits per heavy atom. The minimum absolute atomic E-state index is 0.122. The Labute approximate surface area is 107 Å². The van der Waals surface area contributed by atoms with Gasteiger partial charge in [-0.15, -0.1) is 0 Å². The average Bonchev–Trinajstić information content (AvgIpc) is 3.06. The molecule has 1 aromatic carbocycles. The molecule has 1 amide bonds. The summed E-state index contributed by atoms with van der Waals surface area (Å²) in [6, 6.07) is 6.42. The standard InChI is InChI=1S/C14H19FN2O/c1-2-4-10-7-13(10)16-9-14(18)17-12-6-3-5-11(15)8-12/h3,5-6,8,10,13,16H,2,4,7,9H2,1H3,(H,17,18). The van der Waals surface area contributed by atoms with E-state index in [0.29, 0.717) is 18.3 Å². The smallest absolute Gasteiger partial charge is 0.238 e. The molecule has 18 heavy (non-hydrogen) atoms. The number of rotatable bonds is 6. The first-order chi connectivity index (χ1) is 8.69. The van der Waals surface area contributed by atoms with Crippen LogP contribution in [0.25, 0.3) is 0 Å². The summed E-state index contributed by atoms with van der Waals surface area (Å²) in [7, 11) is 0. The van der Waals surface area contributed by atoms with Gasteiger partial charge in [-0.3, -0.25) is 4.79 Å². The Hall–Kier alpha value is -1.42. The van der Waals surface area contributed by atoms with E-state index in [1.165, 1.54) is 31.4 Å². The second-order valence-corrected chi connectivity index (χ2v) is 4.83. The third-order valence-electron chi connectivity index (χ3n) is 3.22. The minimum Gasteiger partial charge on any atom is -0.325 e. The summed E-state index contributed by atoms with van der Waals surface area (Å²) >= 11 is 0. The predicted molar refractivity (Wildman–Crippen MR) is 69.8 cm³/mol. The van der Waals surface area contributed by atoms with E-state index in [-0.39, 0.29) is 11.7 Å². The van der Waals surface area contributed by atoms with Crippen molar-refractivity contribution in [3.63, 3.8) is 0 Å². The number of carbonyl (C=O) groups excluding carboxylic acids is 1. The van der Waals surface area contributed by atoms with Crippen LogP contribution in [-0.4, -0.2) is 18.5 Å². The number of hydrogen-bond donors (Lipinski definition) is 2. The molecule has 1 aliphatic carbocycles. The highest BCUT2D eigenvalue weighted by Gasteiger charge is 2.35. The van der Waals surface area contributed by atoms with Crippen LogP contribution in [0.1, 0.15) is 26.2 Å². The van der Waals surface area contributed by atoms with Crippen LogP contribution in [0.15, 0.2) is 24.3 Å². The van der Waals surface area contributed by atoms with E-state index >= 15 is 0 Å². The van der Waals surface area contributed by atoms with Crippen molar-refractivity contribution in [3.8, 4) is 0 Å². The summed E-state index contributed by atoms with van der Waals surface area (Å²) in [5.41, 5.74) is 0.503. The molecule has 3 nitrogen and oxygen atoms in total. The van der Waals surface area contributed by atoms with Gasteiger partial charge in [0, 0.05) is 11.7 Å². The van der Waals surface area contributed by atoms with E-state index in [2.05, 4.69) is 17.6 Å². The van der Waals surface area contributed by atoms with Gasteiger partial charge >= 0.3 is 0 Å². The van der Waals surface area contributed by atoms with Crippen LogP contribution < -0.4 is 10.6 Å². The van der Waals surface area contributed by atoms with Crippen molar-refractivity contribution < 1.29 is 9.18 Å². The fourth-order valence-corrected chi connectivity index (χ4v) is 2.18. The molecular weight excluding hydrogens is 231 g/mol. The number of amides is 1. The van der Waals surface area contributed by atoms with Gasteiger partial charge in [-0.1, -0.05) is 19.4 Å². The lowest BCUT2D eigenvalue weighted by Gasteiger charge is -2.06. The molecule has 2 unspecified atom stereocenters. The quantitative estimate of drug-likeness (QED) is 0.814. The molecule has 2 rings (SSSR count). The van der Waals surface area contributed by atoms with Crippen LogP contribution >= 0.6 is 0 Å². The van der Waals surface area contributed by atoms with Gasteiger partial charge in [0.25, 0.3) is 0 Å². The van der Waals surface area contributed by atoms with Crippen molar-refractivity contribution in [3.05, 3.63) is 30.1 Å². The van der Waals surface area contributed by atoms with Crippen LogP contribution in [-0.2, 0) is 4.79 Å². The molecule has 0 aromatic heterocycles. The van der Waals surface area contributed by atoms with Gasteiger partial charge in [0.1, 0.15) is 5.82 Å². The highest BCUT2D eigenvalue weighted by molar-refractivity contribution is 5.92. The van der Waals surface area contributed by atoms with E-state index in [1.54, 1.807) is 12.1 Å². The van der Waals surface area contributed by atoms with Crippen molar-refractivity contribution in [1.82, 2.24) is 5.32 Å². The molecule has 0 spiro atoms. The predicted octanol–water partition coefficient (Wildman–Crippen LogP) is 2.54. The Bertz CT molecular complexity index is 422. The maximum absolute atomic E-state index is 12.9. The summed E-state index contributed by atoms with van der Waals surface area (Å²) < 4.78 is 12.9. The zero-order valence-electron chi connectivity index (χ0n) is 10.6. The van der Waals surface area contributed by atoms with Gasteiger partial charge in [-0.2, -0.15) is 0 Å². The Morgan fingerprint density at radius 2 is 2.33 bits per heavy atom. The number of carbonyl (C=O) groups is 1. The van der Waals surface area contributed by atoms with Crippen LogP contribution in [0.2, 0.25) is 0 Å². The van der Waals surface area contributed by atoms with E-state index in [0.717, 1.165) is 5.92 Å². The molecule has 0 bridgehead atoms. The fraction of sp³-hybridized carbons (Fsp3) is 0.500. The molecule has 4 heteroatoms. The maximum atomic E-state index is 12.9. The number of anilines is 1. The number of nitrogens with one attached hydrogen (secondary N) is 2. The number of halogens is 1.